The smallest absolute Gasteiger partial charge is 0.303 e. The SMILES string of the molecule is CC(=O)O.O=C(O)CCCc1cc2ccccc2[nH]1.c1ccc2ccccc2c1. The van der Waals surface area contributed by atoms with Crippen LogP contribution in [0.15, 0.2) is 78.9 Å². The summed E-state index contributed by atoms with van der Waals surface area (Å²) < 4.78 is 0. The van der Waals surface area contributed by atoms with Gasteiger partial charge in [0.05, 0.1) is 0 Å². The van der Waals surface area contributed by atoms with Crippen molar-refractivity contribution in [2.24, 2.45) is 0 Å². The zero-order chi connectivity index (χ0) is 21.1. The monoisotopic (exact) mass is 391 g/mol. The van der Waals surface area contributed by atoms with Crippen molar-refractivity contribution in [1.29, 1.82) is 0 Å². The number of benzene rings is 3. The lowest BCUT2D eigenvalue weighted by atomic mass is 10.1. The lowest BCUT2D eigenvalue weighted by molar-refractivity contribution is -0.137. The molecule has 0 aliphatic rings. The molecule has 0 atom stereocenters. The van der Waals surface area contributed by atoms with E-state index in [-0.39, 0.29) is 6.42 Å². The Morgan fingerprint density at radius 3 is 1.69 bits per heavy atom. The van der Waals surface area contributed by atoms with Crippen molar-refractivity contribution in [2.45, 2.75) is 26.2 Å². The number of fused-ring (bicyclic) bond motifs is 2. The van der Waals surface area contributed by atoms with E-state index < -0.39 is 11.9 Å². The molecule has 3 N–H and O–H groups in total. The molecule has 0 aliphatic heterocycles. The van der Waals surface area contributed by atoms with Crippen molar-refractivity contribution < 1.29 is 19.8 Å². The van der Waals surface area contributed by atoms with Crippen molar-refractivity contribution in [3.8, 4) is 0 Å². The molecule has 0 aliphatic carbocycles. The van der Waals surface area contributed by atoms with Gasteiger partial charge in [-0.1, -0.05) is 66.7 Å². The van der Waals surface area contributed by atoms with Gasteiger partial charge in [0.2, 0.25) is 0 Å². The molecule has 1 aromatic heterocycles. The predicted molar refractivity (Wildman–Crippen MR) is 116 cm³/mol. The van der Waals surface area contributed by atoms with E-state index in [1.165, 1.54) is 16.2 Å². The minimum absolute atomic E-state index is 0.232. The molecular weight excluding hydrogens is 366 g/mol. The lowest BCUT2D eigenvalue weighted by Crippen LogP contribution is -1.95. The fraction of sp³-hybridized carbons (Fsp3) is 0.167. The molecule has 0 amide bonds. The van der Waals surface area contributed by atoms with E-state index in [0.717, 1.165) is 24.6 Å². The van der Waals surface area contributed by atoms with E-state index >= 15 is 0 Å². The van der Waals surface area contributed by atoms with Crippen molar-refractivity contribution >= 4 is 33.6 Å². The fourth-order valence-electron chi connectivity index (χ4n) is 2.83. The lowest BCUT2D eigenvalue weighted by Gasteiger charge is -1.94. The predicted octanol–water partition coefficient (Wildman–Crippen LogP) is 5.51. The molecule has 4 aromatic rings. The Morgan fingerprint density at radius 2 is 1.24 bits per heavy atom. The molecule has 0 unspecified atom stereocenters. The van der Waals surface area contributed by atoms with Gasteiger partial charge in [0, 0.05) is 24.6 Å². The highest BCUT2D eigenvalue weighted by molar-refractivity contribution is 5.82. The van der Waals surface area contributed by atoms with Gasteiger partial charge in [-0.25, -0.2) is 0 Å². The van der Waals surface area contributed by atoms with Crippen molar-refractivity contribution in [1.82, 2.24) is 4.98 Å². The number of carboxylic acid groups (broad SMARTS) is 2. The summed E-state index contributed by atoms with van der Waals surface area (Å²) in [4.78, 5) is 22.6. The van der Waals surface area contributed by atoms with Crippen molar-refractivity contribution in [3.05, 3.63) is 84.6 Å². The first-order valence-electron chi connectivity index (χ1n) is 9.37. The van der Waals surface area contributed by atoms with Gasteiger partial charge < -0.3 is 15.2 Å². The minimum atomic E-state index is -0.833. The van der Waals surface area contributed by atoms with E-state index in [1.54, 1.807) is 0 Å². The van der Waals surface area contributed by atoms with Gasteiger partial charge in [-0.2, -0.15) is 0 Å². The zero-order valence-corrected chi connectivity index (χ0v) is 16.3. The average molecular weight is 391 g/mol. The molecular formula is C24H25NO4. The first-order valence-corrected chi connectivity index (χ1v) is 9.37. The normalized spacial score (nSPS) is 9.83. The average Bonchev–Trinajstić information content (AvgIpc) is 3.11. The Morgan fingerprint density at radius 1 is 0.793 bits per heavy atom. The van der Waals surface area contributed by atoms with Gasteiger partial charge in [0.15, 0.2) is 0 Å². The number of para-hydroxylation sites is 1. The number of aliphatic carboxylic acids is 2. The number of hydrogen-bond acceptors (Lipinski definition) is 2. The maximum Gasteiger partial charge on any atom is 0.303 e. The van der Waals surface area contributed by atoms with Crippen LogP contribution in [0.25, 0.3) is 21.7 Å². The third-order valence-corrected chi connectivity index (χ3v) is 4.08. The van der Waals surface area contributed by atoms with Gasteiger partial charge in [-0.3, -0.25) is 9.59 Å². The highest BCUT2D eigenvalue weighted by Gasteiger charge is 2.01. The van der Waals surface area contributed by atoms with E-state index in [2.05, 4.69) is 59.6 Å². The van der Waals surface area contributed by atoms with Crippen LogP contribution in [0.5, 0.6) is 0 Å². The molecule has 29 heavy (non-hydrogen) atoms. The van der Waals surface area contributed by atoms with Crippen molar-refractivity contribution in [3.63, 3.8) is 0 Å². The van der Waals surface area contributed by atoms with Crippen molar-refractivity contribution in [2.75, 3.05) is 0 Å². The number of rotatable bonds is 4. The second-order valence-corrected chi connectivity index (χ2v) is 6.50. The Bertz CT molecular complexity index is 966. The van der Waals surface area contributed by atoms with Crippen LogP contribution in [0.2, 0.25) is 0 Å². The molecule has 5 nitrogen and oxygen atoms in total. The molecule has 0 radical (unpaired) electrons. The Hall–Kier alpha value is -3.60. The number of aromatic nitrogens is 1. The zero-order valence-electron chi connectivity index (χ0n) is 16.3. The fourth-order valence-corrected chi connectivity index (χ4v) is 2.83. The second-order valence-electron chi connectivity index (χ2n) is 6.50. The summed E-state index contributed by atoms with van der Waals surface area (Å²) in [5.74, 6) is -1.56. The third kappa shape index (κ3) is 7.89. The Kier molecular flexibility index (Phi) is 8.45. The first kappa shape index (κ1) is 21.7. The molecule has 0 spiro atoms. The number of carbonyl (C=O) groups is 2. The number of nitrogens with one attached hydrogen (secondary N) is 1. The van der Waals surface area contributed by atoms with Gasteiger partial charge in [-0.05, 0) is 41.1 Å². The summed E-state index contributed by atoms with van der Waals surface area (Å²) in [7, 11) is 0. The summed E-state index contributed by atoms with van der Waals surface area (Å²) in [5, 5.41) is 19.7. The van der Waals surface area contributed by atoms with Crippen LogP contribution >= 0.6 is 0 Å². The third-order valence-electron chi connectivity index (χ3n) is 4.08. The topological polar surface area (TPSA) is 90.4 Å². The number of aryl methyl sites for hydroxylation is 1. The minimum Gasteiger partial charge on any atom is -0.481 e. The van der Waals surface area contributed by atoms with Crippen LogP contribution < -0.4 is 0 Å². The quantitative estimate of drug-likeness (QED) is 0.428. The van der Waals surface area contributed by atoms with E-state index in [4.69, 9.17) is 15.0 Å². The molecule has 0 bridgehead atoms. The Balaban J connectivity index is 0.000000184. The molecule has 1 heterocycles. The van der Waals surface area contributed by atoms with E-state index in [9.17, 15) is 4.79 Å². The maximum absolute atomic E-state index is 10.4. The number of carboxylic acids is 2. The summed E-state index contributed by atoms with van der Waals surface area (Å²) in [6.45, 7) is 1.08. The molecule has 0 saturated heterocycles. The molecule has 0 saturated carbocycles. The van der Waals surface area contributed by atoms with Gasteiger partial charge in [-0.15, -0.1) is 0 Å². The highest BCUT2D eigenvalue weighted by atomic mass is 16.4. The van der Waals surface area contributed by atoms with E-state index in [1.807, 2.05) is 24.3 Å². The largest absolute Gasteiger partial charge is 0.481 e. The summed E-state index contributed by atoms with van der Waals surface area (Å²) in [6.07, 6.45) is 1.71. The Labute approximate surface area is 169 Å². The number of hydrogen-bond donors (Lipinski definition) is 3. The molecule has 150 valence electrons. The maximum atomic E-state index is 10.4. The van der Waals surface area contributed by atoms with Crippen LogP contribution in [-0.4, -0.2) is 27.1 Å². The van der Waals surface area contributed by atoms with Gasteiger partial charge in [0.25, 0.3) is 5.97 Å². The second kappa shape index (κ2) is 11.3. The van der Waals surface area contributed by atoms with Gasteiger partial charge >= 0.3 is 5.97 Å². The summed E-state index contributed by atoms with van der Waals surface area (Å²) >= 11 is 0. The van der Waals surface area contributed by atoms with Crippen LogP contribution in [0.4, 0.5) is 0 Å². The van der Waals surface area contributed by atoms with Crippen LogP contribution in [0.1, 0.15) is 25.5 Å². The number of aromatic amines is 1. The van der Waals surface area contributed by atoms with Gasteiger partial charge in [0.1, 0.15) is 0 Å². The first-order chi connectivity index (χ1) is 14.0. The molecule has 3 aromatic carbocycles. The highest BCUT2D eigenvalue weighted by Crippen LogP contribution is 2.16. The summed E-state index contributed by atoms with van der Waals surface area (Å²) in [6, 6.07) is 26.8. The molecule has 5 heteroatoms. The van der Waals surface area contributed by atoms with Crippen LogP contribution in [-0.2, 0) is 16.0 Å². The van der Waals surface area contributed by atoms with Crippen LogP contribution in [0, 0.1) is 0 Å². The molecule has 4 rings (SSSR count). The van der Waals surface area contributed by atoms with E-state index in [0.29, 0.717) is 6.42 Å². The molecule has 0 fully saturated rings. The summed E-state index contributed by atoms with van der Waals surface area (Å²) in [5.41, 5.74) is 2.22. The van der Waals surface area contributed by atoms with Crippen LogP contribution in [0.3, 0.4) is 0 Å². The standard InChI is InChI=1S/C12H13NO2.C10H8.C2H4O2/c14-12(15)7-3-5-10-8-9-4-1-2-6-11(9)13-10;1-2-6-10-8-4-3-7-9(10)5-1;1-2(3)4/h1-2,4,6,8,13H,3,5,7H2,(H,14,15);1-8H;1H3,(H,3,4). The number of H-pyrrole nitrogens is 1.